The van der Waals surface area contributed by atoms with Gasteiger partial charge in [0.05, 0.1) is 29.5 Å². The number of carbonyl (C=O) groups is 2. The van der Waals surface area contributed by atoms with Crippen molar-refractivity contribution in [1.29, 1.82) is 0 Å². The Balaban J connectivity index is 1.52. The van der Waals surface area contributed by atoms with Crippen molar-refractivity contribution >= 4 is 57.6 Å². The van der Waals surface area contributed by atoms with Crippen molar-refractivity contribution in [1.82, 2.24) is 20.1 Å². The molecule has 5 aromatic rings. The zero-order valence-electron chi connectivity index (χ0n) is 20.7. The topological polar surface area (TPSA) is 100 Å². The summed E-state index contributed by atoms with van der Waals surface area (Å²) in [6.45, 7) is 2.08. The summed E-state index contributed by atoms with van der Waals surface area (Å²) in [7, 11) is 0. The Bertz CT molecular complexity index is 1670. The van der Waals surface area contributed by atoms with E-state index in [-0.39, 0.29) is 24.9 Å². The quantitative estimate of drug-likeness (QED) is 0.177. The lowest BCUT2D eigenvalue weighted by atomic mass is 10.1. The summed E-state index contributed by atoms with van der Waals surface area (Å²) in [5.74, 6) is -1.29. The molecule has 0 unspecified atom stereocenters. The van der Waals surface area contributed by atoms with E-state index in [2.05, 4.69) is 10.3 Å². The third-order valence-corrected chi connectivity index (χ3v) is 7.07. The van der Waals surface area contributed by atoms with Crippen LogP contribution in [-0.4, -0.2) is 38.3 Å². The molecular formula is C29H23Cl3N4O3. The van der Waals surface area contributed by atoms with E-state index < -0.39 is 5.97 Å². The van der Waals surface area contributed by atoms with E-state index in [1.165, 1.54) is 0 Å². The maximum absolute atomic E-state index is 12.4. The molecule has 0 aliphatic carbocycles. The van der Waals surface area contributed by atoms with E-state index in [0.717, 1.165) is 33.4 Å². The molecule has 198 valence electrons. The zero-order chi connectivity index (χ0) is 27.7. The zero-order valence-corrected chi connectivity index (χ0v) is 23.0. The lowest BCUT2D eigenvalue weighted by Crippen LogP contribution is -2.26. The Hall–Kier alpha value is -3.78. The van der Waals surface area contributed by atoms with E-state index in [9.17, 15) is 9.59 Å². The molecule has 0 bridgehead atoms. The molecule has 2 heterocycles. The average molecular weight is 582 g/mol. The van der Waals surface area contributed by atoms with Crippen LogP contribution in [-0.2, 0) is 4.79 Å². The number of carbonyl (C=O) groups excluding carboxylic acids is 1. The van der Waals surface area contributed by atoms with Gasteiger partial charge in [0.25, 0.3) is 5.91 Å². The number of aliphatic carboxylic acids is 1. The fourth-order valence-corrected chi connectivity index (χ4v) is 5.12. The molecule has 0 spiro atoms. The summed E-state index contributed by atoms with van der Waals surface area (Å²) in [4.78, 5) is 26.6. The molecule has 0 aliphatic rings. The number of fused-ring (bicyclic) bond motifs is 1. The second-order valence-corrected chi connectivity index (χ2v) is 10.4. The maximum Gasteiger partial charge on any atom is 0.305 e. The third-order valence-electron chi connectivity index (χ3n) is 6.40. The number of rotatable bonds is 8. The van der Waals surface area contributed by atoms with Crippen LogP contribution in [0.4, 0.5) is 0 Å². The number of hydrogen-bond acceptors (Lipinski definition) is 3. The lowest BCUT2D eigenvalue weighted by molar-refractivity contribution is -0.136. The SMILES string of the molecule is C[C@@H](c1ccc(C(=O)NCCC(=O)O)cc1)n1nc(-c2cc(Cl)cc(Cl)c2)cc1-c1cc2cc(Cl)ccc2[nH]1. The van der Waals surface area contributed by atoms with E-state index >= 15 is 0 Å². The highest BCUT2D eigenvalue weighted by atomic mass is 35.5. The summed E-state index contributed by atoms with van der Waals surface area (Å²) >= 11 is 18.8. The molecule has 0 aliphatic heterocycles. The monoisotopic (exact) mass is 580 g/mol. The molecule has 0 radical (unpaired) electrons. The minimum atomic E-state index is -0.966. The number of benzene rings is 3. The molecule has 5 rings (SSSR count). The van der Waals surface area contributed by atoms with Crippen molar-refractivity contribution in [3.8, 4) is 22.6 Å². The van der Waals surface area contributed by atoms with E-state index in [1.807, 2.05) is 66.2 Å². The summed E-state index contributed by atoms with van der Waals surface area (Å²) in [6.07, 6.45) is -0.136. The molecule has 3 N–H and O–H groups in total. The Morgan fingerprint density at radius 1 is 0.949 bits per heavy atom. The van der Waals surface area contributed by atoms with Crippen LogP contribution in [0.15, 0.2) is 72.8 Å². The summed E-state index contributed by atoms with van der Waals surface area (Å²) in [6, 6.07) is 21.9. The molecule has 0 fully saturated rings. The Morgan fingerprint density at radius 3 is 2.36 bits per heavy atom. The molecule has 1 atom stereocenters. The van der Waals surface area contributed by atoms with Crippen LogP contribution < -0.4 is 5.32 Å². The van der Waals surface area contributed by atoms with E-state index in [0.29, 0.717) is 26.3 Å². The van der Waals surface area contributed by atoms with Gasteiger partial charge in [-0.3, -0.25) is 14.3 Å². The minimum Gasteiger partial charge on any atom is -0.481 e. The summed E-state index contributed by atoms with van der Waals surface area (Å²) < 4.78 is 1.92. The highest BCUT2D eigenvalue weighted by Crippen LogP contribution is 2.34. The highest BCUT2D eigenvalue weighted by molar-refractivity contribution is 6.35. The van der Waals surface area contributed by atoms with Gasteiger partial charge in [-0.05, 0) is 73.2 Å². The second kappa shape index (κ2) is 11.1. The van der Waals surface area contributed by atoms with Crippen molar-refractivity contribution in [2.45, 2.75) is 19.4 Å². The number of aromatic amines is 1. The van der Waals surface area contributed by atoms with Gasteiger partial charge >= 0.3 is 5.97 Å². The van der Waals surface area contributed by atoms with Gasteiger partial charge in [-0.1, -0.05) is 46.9 Å². The Morgan fingerprint density at radius 2 is 1.67 bits per heavy atom. The number of carboxylic acid groups (broad SMARTS) is 1. The first-order valence-electron chi connectivity index (χ1n) is 12.1. The van der Waals surface area contributed by atoms with Crippen molar-refractivity contribution in [3.05, 3.63) is 99.0 Å². The van der Waals surface area contributed by atoms with E-state index in [4.69, 9.17) is 45.0 Å². The Kier molecular flexibility index (Phi) is 7.66. The Labute approximate surface area is 239 Å². The van der Waals surface area contributed by atoms with Crippen molar-refractivity contribution in [2.75, 3.05) is 6.54 Å². The maximum atomic E-state index is 12.4. The lowest BCUT2D eigenvalue weighted by Gasteiger charge is -2.16. The van der Waals surface area contributed by atoms with Gasteiger partial charge in [0.1, 0.15) is 0 Å². The van der Waals surface area contributed by atoms with Crippen LogP contribution >= 0.6 is 34.8 Å². The van der Waals surface area contributed by atoms with Crippen LogP contribution in [0, 0.1) is 0 Å². The van der Waals surface area contributed by atoms with Gasteiger partial charge in [0.15, 0.2) is 0 Å². The van der Waals surface area contributed by atoms with Crippen molar-refractivity contribution in [3.63, 3.8) is 0 Å². The number of hydrogen-bond donors (Lipinski definition) is 3. The number of amides is 1. The molecule has 3 aromatic carbocycles. The van der Waals surface area contributed by atoms with E-state index in [1.54, 1.807) is 18.2 Å². The fourth-order valence-electron chi connectivity index (χ4n) is 4.41. The predicted molar refractivity (Wildman–Crippen MR) is 155 cm³/mol. The largest absolute Gasteiger partial charge is 0.481 e. The van der Waals surface area contributed by atoms with Gasteiger partial charge in [-0.25, -0.2) is 0 Å². The molecule has 1 amide bonds. The molecular weight excluding hydrogens is 559 g/mol. The van der Waals surface area contributed by atoms with Gasteiger partial charge < -0.3 is 15.4 Å². The second-order valence-electron chi connectivity index (χ2n) is 9.13. The van der Waals surface area contributed by atoms with Crippen LogP contribution in [0.25, 0.3) is 33.5 Å². The summed E-state index contributed by atoms with van der Waals surface area (Å²) in [5, 5.41) is 19.0. The number of nitrogens with one attached hydrogen (secondary N) is 2. The van der Waals surface area contributed by atoms with Gasteiger partial charge in [0.2, 0.25) is 0 Å². The predicted octanol–water partition coefficient (Wildman–Crippen LogP) is 7.47. The molecule has 7 nitrogen and oxygen atoms in total. The van der Waals surface area contributed by atoms with Crippen LogP contribution in [0.5, 0.6) is 0 Å². The molecule has 0 saturated heterocycles. The van der Waals surface area contributed by atoms with Gasteiger partial charge in [0, 0.05) is 43.6 Å². The number of aromatic nitrogens is 3. The van der Waals surface area contributed by atoms with Gasteiger partial charge in [-0.2, -0.15) is 5.10 Å². The van der Waals surface area contributed by atoms with Crippen molar-refractivity contribution in [2.24, 2.45) is 0 Å². The number of H-pyrrole nitrogens is 1. The van der Waals surface area contributed by atoms with Crippen LogP contribution in [0.3, 0.4) is 0 Å². The third kappa shape index (κ3) is 5.96. The standard InChI is InChI=1S/C29H23Cl3N4O3/c1-16(17-2-4-18(5-3-17)29(39)33-9-8-28(37)38)36-27(26-13-20-10-21(30)6-7-24(20)34-26)15-25(35-36)19-11-22(31)14-23(32)12-19/h2-7,10-16,34H,8-9H2,1H3,(H,33,39)(H,37,38)/t16-/m0/s1. The molecule has 39 heavy (non-hydrogen) atoms. The number of nitrogens with zero attached hydrogens (tertiary/aromatic N) is 2. The molecule has 10 heteroatoms. The first kappa shape index (κ1) is 26.8. The highest BCUT2D eigenvalue weighted by Gasteiger charge is 2.20. The fraction of sp³-hybridized carbons (Fsp3) is 0.138. The molecule has 0 saturated carbocycles. The molecule has 2 aromatic heterocycles. The normalized spacial score (nSPS) is 12.0. The average Bonchev–Trinajstić information content (AvgIpc) is 3.52. The van der Waals surface area contributed by atoms with Gasteiger partial charge in [-0.15, -0.1) is 0 Å². The number of halogens is 3. The number of carboxylic acids is 1. The first-order chi connectivity index (χ1) is 18.7. The summed E-state index contributed by atoms with van der Waals surface area (Å²) in [5.41, 5.74) is 5.51. The van der Waals surface area contributed by atoms with Crippen molar-refractivity contribution < 1.29 is 14.7 Å². The first-order valence-corrected chi connectivity index (χ1v) is 13.3. The smallest absolute Gasteiger partial charge is 0.305 e. The minimum absolute atomic E-state index is 0.0645. The van der Waals surface area contributed by atoms with Crippen LogP contribution in [0.1, 0.15) is 35.3 Å². The van der Waals surface area contributed by atoms with Crippen LogP contribution in [0.2, 0.25) is 15.1 Å².